The molecule has 0 N–H and O–H groups in total. The molecule has 33 heavy (non-hydrogen) atoms. The Hall–Kier alpha value is 0.320. The molecule has 3 nitrogen and oxygen atoms in total. The number of ether oxygens (including phenoxy) is 3. The van der Waals surface area contributed by atoms with Crippen molar-refractivity contribution < 1.29 is 14.2 Å². The topological polar surface area (TPSA) is 27.7 Å². The monoisotopic (exact) mass is 594 g/mol. The van der Waals surface area contributed by atoms with E-state index in [1.165, 1.54) is 89.9 Å². The molecule has 0 aromatic rings. The van der Waals surface area contributed by atoms with Gasteiger partial charge in [-0.25, -0.2) is 0 Å². The zero-order chi connectivity index (χ0) is 24.2. The molecule has 2 atom stereocenters. The summed E-state index contributed by atoms with van der Waals surface area (Å²) in [5.41, 5.74) is 0. The summed E-state index contributed by atoms with van der Waals surface area (Å²) in [5, 5.41) is 2.28. The van der Waals surface area contributed by atoms with Gasteiger partial charge in [-0.15, -0.1) is 0 Å². The van der Waals surface area contributed by atoms with Gasteiger partial charge in [-0.1, -0.05) is 108 Å². The molecule has 0 spiro atoms. The second-order valence-electron chi connectivity index (χ2n) is 8.76. The van der Waals surface area contributed by atoms with E-state index >= 15 is 0 Å². The van der Waals surface area contributed by atoms with Crippen molar-refractivity contribution in [1.29, 1.82) is 0 Å². The summed E-state index contributed by atoms with van der Waals surface area (Å²) in [6, 6.07) is 0. The first-order valence-electron chi connectivity index (χ1n) is 13.4. The predicted octanol–water partition coefficient (Wildman–Crippen LogP) is 9.87. The van der Waals surface area contributed by atoms with Gasteiger partial charge in [0, 0.05) is 37.7 Å². The van der Waals surface area contributed by atoms with Crippen LogP contribution in [0.2, 0.25) is 0 Å². The zero-order valence-corrected chi connectivity index (χ0v) is 24.8. The third kappa shape index (κ3) is 25.2. The van der Waals surface area contributed by atoms with E-state index < -0.39 is 0 Å². The molecule has 0 aromatic carbocycles. The normalized spacial score (nSPS) is 13.9. The molecule has 0 saturated carbocycles. The summed E-state index contributed by atoms with van der Waals surface area (Å²) in [5.74, 6) is 0. The molecular formula is C28H52Br2O3. The summed E-state index contributed by atoms with van der Waals surface area (Å²) in [7, 11) is 3.44. The number of hydrogen-bond acceptors (Lipinski definition) is 3. The lowest BCUT2D eigenvalue weighted by molar-refractivity contribution is -0.232. The Bertz CT molecular complexity index is 391. The smallest absolute Gasteiger partial charge is 0.160 e. The molecule has 0 heterocycles. The van der Waals surface area contributed by atoms with Crippen molar-refractivity contribution in [3.63, 3.8) is 0 Å². The molecule has 0 radical (unpaired) electrons. The molecule has 0 rings (SSSR count). The third-order valence-electron chi connectivity index (χ3n) is 5.81. The van der Waals surface area contributed by atoms with Crippen LogP contribution in [0.4, 0.5) is 0 Å². The third-order valence-corrected chi connectivity index (χ3v) is 6.93. The SMILES string of the molecule is COC(CCC=CCCCCCCCCBr)OC(CCC=CCCCCCCCCBr)OC. The summed E-state index contributed by atoms with van der Waals surface area (Å²) in [6.45, 7) is 0. The lowest BCUT2D eigenvalue weighted by atomic mass is 10.1. The van der Waals surface area contributed by atoms with Crippen molar-refractivity contribution in [2.24, 2.45) is 0 Å². The van der Waals surface area contributed by atoms with Crippen molar-refractivity contribution >= 4 is 31.9 Å². The van der Waals surface area contributed by atoms with Crippen molar-refractivity contribution in [2.75, 3.05) is 24.9 Å². The second kappa shape index (κ2) is 28.6. The van der Waals surface area contributed by atoms with Crippen LogP contribution in [0, 0.1) is 0 Å². The van der Waals surface area contributed by atoms with E-state index in [0.717, 1.165) is 36.3 Å². The van der Waals surface area contributed by atoms with Gasteiger partial charge in [-0.2, -0.15) is 0 Å². The van der Waals surface area contributed by atoms with E-state index in [2.05, 4.69) is 56.2 Å². The van der Waals surface area contributed by atoms with Crippen molar-refractivity contribution in [1.82, 2.24) is 0 Å². The molecule has 196 valence electrons. The fourth-order valence-electron chi connectivity index (χ4n) is 3.72. The highest BCUT2D eigenvalue weighted by Crippen LogP contribution is 2.14. The first kappa shape index (κ1) is 33.3. The average Bonchev–Trinajstić information content (AvgIpc) is 2.83. The summed E-state index contributed by atoms with van der Waals surface area (Å²) in [4.78, 5) is 0. The molecule has 0 fully saturated rings. The number of allylic oxidation sites excluding steroid dienone is 4. The highest BCUT2D eigenvalue weighted by Gasteiger charge is 2.14. The highest BCUT2D eigenvalue weighted by atomic mass is 79.9. The number of halogens is 2. The zero-order valence-electron chi connectivity index (χ0n) is 21.6. The van der Waals surface area contributed by atoms with Crippen LogP contribution in [0.3, 0.4) is 0 Å². The number of hydrogen-bond donors (Lipinski definition) is 0. The Morgan fingerprint density at radius 3 is 1.18 bits per heavy atom. The van der Waals surface area contributed by atoms with E-state index in [0.29, 0.717) is 0 Å². The second-order valence-corrected chi connectivity index (χ2v) is 10.3. The van der Waals surface area contributed by atoms with Crippen LogP contribution in [0.15, 0.2) is 24.3 Å². The standard InChI is InChI=1S/C28H52Br2O3/c1-31-27(23-19-15-11-7-3-5-9-13-17-21-25-29)33-28(32-2)24-20-16-12-8-4-6-10-14-18-22-26-30/h11-12,15-16,27-28H,3-10,13-14,17-26H2,1-2H3. The minimum absolute atomic E-state index is 0.206. The summed E-state index contributed by atoms with van der Waals surface area (Å²) >= 11 is 6.98. The lowest BCUT2D eigenvalue weighted by Gasteiger charge is -2.22. The highest BCUT2D eigenvalue weighted by molar-refractivity contribution is 9.09. The van der Waals surface area contributed by atoms with Crippen molar-refractivity contribution in [3.8, 4) is 0 Å². The average molecular weight is 597 g/mol. The maximum atomic E-state index is 6.01. The van der Waals surface area contributed by atoms with Crippen molar-refractivity contribution in [3.05, 3.63) is 24.3 Å². The van der Waals surface area contributed by atoms with Crippen LogP contribution < -0.4 is 0 Å². The van der Waals surface area contributed by atoms with E-state index in [-0.39, 0.29) is 12.6 Å². The Balaban J connectivity index is 3.74. The van der Waals surface area contributed by atoms with Gasteiger partial charge >= 0.3 is 0 Å². The van der Waals surface area contributed by atoms with Crippen LogP contribution in [0.1, 0.15) is 116 Å². The Morgan fingerprint density at radius 2 is 0.818 bits per heavy atom. The number of rotatable bonds is 26. The number of unbranched alkanes of at least 4 members (excludes halogenated alkanes) is 12. The van der Waals surface area contributed by atoms with Gasteiger partial charge in [-0.05, 0) is 51.4 Å². The van der Waals surface area contributed by atoms with Gasteiger partial charge in [0.1, 0.15) is 0 Å². The van der Waals surface area contributed by atoms with Crippen molar-refractivity contribution in [2.45, 2.75) is 128 Å². The van der Waals surface area contributed by atoms with Gasteiger partial charge in [0.25, 0.3) is 0 Å². The molecule has 0 aliphatic carbocycles. The van der Waals surface area contributed by atoms with Crippen LogP contribution in [-0.4, -0.2) is 37.5 Å². The maximum Gasteiger partial charge on any atom is 0.160 e. The molecule has 0 aromatic heterocycles. The summed E-state index contributed by atoms with van der Waals surface area (Å²) in [6.07, 6.45) is 30.9. The Kier molecular flexibility index (Phi) is 28.8. The van der Waals surface area contributed by atoms with Gasteiger partial charge in [0.2, 0.25) is 0 Å². The van der Waals surface area contributed by atoms with Gasteiger partial charge < -0.3 is 14.2 Å². The number of alkyl halides is 2. The molecular weight excluding hydrogens is 544 g/mol. The minimum Gasteiger partial charge on any atom is -0.356 e. The van der Waals surface area contributed by atoms with E-state index in [4.69, 9.17) is 14.2 Å². The molecule has 0 aliphatic heterocycles. The van der Waals surface area contributed by atoms with E-state index in [1.54, 1.807) is 14.2 Å². The van der Waals surface area contributed by atoms with Gasteiger partial charge in [0.15, 0.2) is 12.6 Å². The quantitative estimate of drug-likeness (QED) is 0.0431. The largest absolute Gasteiger partial charge is 0.356 e. The van der Waals surface area contributed by atoms with Gasteiger partial charge in [-0.3, -0.25) is 0 Å². The predicted molar refractivity (Wildman–Crippen MR) is 152 cm³/mol. The first-order valence-corrected chi connectivity index (χ1v) is 15.7. The van der Waals surface area contributed by atoms with Crippen LogP contribution in [0.5, 0.6) is 0 Å². The van der Waals surface area contributed by atoms with Crippen LogP contribution in [0.25, 0.3) is 0 Å². The summed E-state index contributed by atoms with van der Waals surface area (Å²) < 4.78 is 17.1. The first-order chi connectivity index (χ1) is 16.3. The maximum absolute atomic E-state index is 6.01. The Labute approximate surface area is 222 Å². The molecule has 0 saturated heterocycles. The fraction of sp³-hybridized carbons (Fsp3) is 0.857. The molecule has 5 heteroatoms. The molecule has 0 aliphatic rings. The van der Waals surface area contributed by atoms with Crippen LogP contribution >= 0.6 is 31.9 Å². The molecule has 0 amide bonds. The van der Waals surface area contributed by atoms with E-state index in [1.807, 2.05) is 0 Å². The van der Waals surface area contributed by atoms with E-state index in [9.17, 15) is 0 Å². The molecule has 2 unspecified atom stereocenters. The Morgan fingerprint density at radius 1 is 0.485 bits per heavy atom. The van der Waals surface area contributed by atoms with Crippen LogP contribution in [-0.2, 0) is 14.2 Å². The lowest BCUT2D eigenvalue weighted by Crippen LogP contribution is -2.25. The fourth-order valence-corrected chi connectivity index (χ4v) is 4.51. The van der Waals surface area contributed by atoms with Gasteiger partial charge in [0.05, 0.1) is 0 Å². The minimum atomic E-state index is -0.206. The molecule has 0 bridgehead atoms. The number of methoxy groups -OCH3 is 2.